The maximum absolute atomic E-state index is 13.0. The molecular weight excluding hydrogens is 1540 g/mol. The van der Waals surface area contributed by atoms with Gasteiger partial charge in [-0.1, -0.05) is 148 Å². The minimum absolute atomic E-state index is 0.0138. The third-order valence-electron chi connectivity index (χ3n) is 23.7. The highest BCUT2D eigenvalue weighted by Crippen LogP contribution is 2.46. The molecule has 25 nitrogen and oxygen atoms in total. The van der Waals surface area contributed by atoms with E-state index in [1.165, 1.54) is 25.4 Å². The van der Waals surface area contributed by atoms with Crippen molar-refractivity contribution in [2.75, 3.05) is 110 Å². The number of carbonyl (C=O) groups is 3. The summed E-state index contributed by atoms with van der Waals surface area (Å²) in [5.41, 5.74) is 29.3. The number of hydrogen-bond acceptors (Lipinski definition) is 19. The number of amides is 3. The maximum Gasteiger partial charge on any atom is 0.246 e. The second-order valence-electron chi connectivity index (χ2n) is 31.8. The molecule has 3 amide bonds. The predicted molar refractivity (Wildman–Crippen MR) is 477 cm³/mol. The second-order valence-corrected chi connectivity index (χ2v) is 32.2. The average Bonchev–Trinajstić information content (AvgIpc) is 1.60. The topological polar surface area (TPSA) is 284 Å². The summed E-state index contributed by atoms with van der Waals surface area (Å²) in [6.45, 7) is 17.1. The van der Waals surface area contributed by atoms with Crippen molar-refractivity contribution in [2.45, 2.75) is 109 Å². The van der Waals surface area contributed by atoms with E-state index in [-0.39, 0.29) is 35.8 Å². The molecule has 5 aliphatic heterocycles. The van der Waals surface area contributed by atoms with Crippen molar-refractivity contribution < 1.29 is 38.1 Å². The molecule has 121 heavy (non-hydrogen) atoms. The molecule has 5 fully saturated rings. The standard InChI is InChI=1S/2C32H36N6O3.C31H34ClN5O2/c2*1-22-29(23-10-12-27(13-11-23)41-26-7-4-3-5-8-26)30-31(33)34-21-35-32(30)38(22)24-14-17-37(19-24)28(39)9-6-16-36(2)25-15-18-40-20-25;1-3-8-21(2)9-7-12-26(38)36-18-17-23(19-36)37-29(32)27(28-30(33)34-20-35-31(28)37)22-13-15-25(16-14-22)39-24-10-5-4-6-11-24/h2*3-13,21,24-25H,14-20H2,1-2H3,(H2,33,34,35);4-7,10-16,20-21,23H,3,8-9,17-19H2,1-2H3,(H2,33,34,35)/b2*9-6+;12-7+/t24-,25+;24-,25-;21?,23-/m111/s1. The molecule has 6 aromatic carbocycles. The molecule has 12 aromatic rings. The molecule has 6 atom stereocenters. The van der Waals surface area contributed by atoms with E-state index in [0.29, 0.717) is 90.9 Å². The van der Waals surface area contributed by atoms with Gasteiger partial charge in [-0.15, -0.1) is 0 Å². The highest BCUT2D eigenvalue weighted by Gasteiger charge is 2.36. The zero-order valence-electron chi connectivity index (χ0n) is 69.5. The molecule has 626 valence electrons. The Kier molecular flexibility index (Phi) is 26.9. The van der Waals surface area contributed by atoms with Crippen molar-refractivity contribution >= 4 is 79.9 Å². The summed E-state index contributed by atoms with van der Waals surface area (Å²) in [5, 5.41) is 2.93. The summed E-state index contributed by atoms with van der Waals surface area (Å²) >= 11 is 7.07. The summed E-state index contributed by atoms with van der Waals surface area (Å²) in [7, 11) is 4.16. The number of carbonyl (C=O) groups excluding carboxylic acids is 3. The summed E-state index contributed by atoms with van der Waals surface area (Å²) in [5.74, 6) is 6.54. The molecule has 5 saturated heterocycles. The van der Waals surface area contributed by atoms with Gasteiger partial charge in [0.15, 0.2) is 0 Å². The van der Waals surface area contributed by atoms with Gasteiger partial charge in [0.2, 0.25) is 17.7 Å². The third-order valence-corrected chi connectivity index (χ3v) is 24.1. The molecular formula is C95H106ClN17O8. The Morgan fingerprint density at radius 3 is 1.15 bits per heavy atom. The van der Waals surface area contributed by atoms with Gasteiger partial charge in [-0.25, -0.2) is 29.9 Å². The highest BCUT2D eigenvalue weighted by atomic mass is 35.5. The highest BCUT2D eigenvalue weighted by molar-refractivity contribution is 6.35. The lowest BCUT2D eigenvalue weighted by Gasteiger charge is -2.21. The van der Waals surface area contributed by atoms with Gasteiger partial charge in [0.1, 0.15) is 93.0 Å². The van der Waals surface area contributed by atoms with Gasteiger partial charge in [-0.2, -0.15) is 0 Å². The van der Waals surface area contributed by atoms with Gasteiger partial charge < -0.3 is 69.3 Å². The van der Waals surface area contributed by atoms with Crippen LogP contribution in [0.1, 0.15) is 94.7 Å². The normalized spacial score (nSPS) is 18.2. The molecule has 17 rings (SSSR count). The van der Waals surface area contributed by atoms with Crippen LogP contribution in [0.3, 0.4) is 0 Å². The number of nitrogens with zero attached hydrogens (tertiary/aromatic N) is 14. The average molecular weight is 1650 g/mol. The van der Waals surface area contributed by atoms with Gasteiger partial charge in [-0.3, -0.25) is 24.2 Å². The van der Waals surface area contributed by atoms with Crippen LogP contribution in [-0.4, -0.2) is 191 Å². The van der Waals surface area contributed by atoms with Crippen LogP contribution < -0.4 is 31.4 Å². The predicted octanol–water partition coefficient (Wildman–Crippen LogP) is 16.9. The Hall–Kier alpha value is -12.3. The number of anilines is 3. The molecule has 0 aliphatic carbocycles. The van der Waals surface area contributed by atoms with Crippen LogP contribution in [0.15, 0.2) is 219 Å². The Balaban J connectivity index is 0.000000141. The quantitative estimate of drug-likeness (QED) is 0.0448. The van der Waals surface area contributed by atoms with E-state index in [1.807, 2.05) is 201 Å². The van der Waals surface area contributed by atoms with Gasteiger partial charge in [0, 0.05) is 118 Å². The number of fused-ring (bicyclic) bond motifs is 3. The molecule has 0 saturated carbocycles. The molecule has 0 radical (unpaired) electrons. The minimum atomic E-state index is -0.0138. The number of likely N-dealkylation sites (N-methyl/N-ethyl adjacent to an activating group) is 2. The molecule has 6 aromatic heterocycles. The van der Waals surface area contributed by atoms with Gasteiger partial charge in [0.05, 0.1) is 47.5 Å². The molecule has 5 aliphatic rings. The van der Waals surface area contributed by atoms with Crippen LogP contribution >= 0.6 is 11.6 Å². The number of aromatic nitrogens is 9. The van der Waals surface area contributed by atoms with E-state index in [1.54, 1.807) is 18.2 Å². The summed E-state index contributed by atoms with van der Waals surface area (Å²) in [6.07, 6.45) is 23.3. The number of halogens is 1. The Morgan fingerprint density at radius 2 is 0.793 bits per heavy atom. The number of rotatable bonds is 25. The van der Waals surface area contributed by atoms with Crippen LogP contribution in [0.5, 0.6) is 34.5 Å². The van der Waals surface area contributed by atoms with E-state index in [2.05, 4.69) is 90.6 Å². The minimum Gasteiger partial charge on any atom is -0.457 e. The van der Waals surface area contributed by atoms with Gasteiger partial charge in [0.25, 0.3) is 0 Å². The first-order chi connectivity index (χ1) is 58.9. The molecule has 1 unspecified atom stereocenters. The Bertz CT molecular complexity index is 5420. The van der Waals surface area contributed by atoms with Crippen molar-refractivity contribution in [1.82, 2.24) is 68.1 Å². The maximum atomic E-state index is 13.0. The van der Waals surface area contributed by atoms with Crippen LogP contribution in [-0.2, 0) is 23.9 Å². The zero-order chi connectivity index (χ0) is 84.0. The van der Waals surface area contributed by atoms with Gasteiger partial charge in [-0.05, 0) is 168 Å². The molecule has 6 N–H and O–H groups in total. The van der Waals surface area contributed by atoms with Crippen molar-refractivity contribution in [1.29, 1.82) is 0 Å². The van der Waals surface area contributed by atoms with E-state index in [0.717, 1.165) is 186 Å². The van der Waals surface area contributed by atoms with E-state index in [4.69, 9.17) is 52.5 Å². The number of benzene rings is 6. The number of allylic oxidation sites excluding steroid dienone is 1. The van der Waals surface area contributed by atoms with E-state index < -0.39 is 0 Å². The van der Waals surface area contributed by atoms with Crippen LogP contribution in [0, 0.1) is 19.8 Å². The number of nitrogen functional groups attached to an aromatic ring is 3. The first-order valence-corrected chi connectivity index (χ1v) is 42.3. The summed E-state index contributed by atoms with van der Waals surface area (Å²) in [4.78, 5) is 75.9. The monoisotopic (exact) mass is 1650 g/mol. The smallest absolute Gasteiger partial charge is 0.246 e. The number of para-hydroxylation sites is 3. The van der Waals surface area contributed by atoms with Crippen molar-refractivity contribution in [3.63, 3.8) is 0 Å². The number of hydrogen-bond donors (Lipinski definition) is 3. The molecule has 0 spiro atoms. The van der Waals surface area contributed by atoms with Crippen molar-refractivity contribution in [3.05, 3.63) is 236 Å². The molecule has 11 heterocycles. The lowest BCUT2D eigenvalue weighted by Crippen LogP contribution is -2.32. The largest absolute Gasteiger partial charge is 0.457 e. The summed E-state index contributed by atoms with van der Waals surface area (Å²) < 4.78 is 35.4. The lowest BCUT2D eigenvalue weighted by molar-refractivity contribution is -0.125. The fourth-order valence-corrected chi connectivity index (χ4v) is 17.7. The lowest BCUT2D eigenvalue weighted by atomic mass is 10.0. The first kappa shape index (κ1) is 83.8. The number of ether oxygens (including phenoxy) is 5. The van der Waals surface area contributed by atoms with Crippen LogP contribution in [0.2, 0.25) is 5.15 Å². The fraction of sp³-hybridized carbons (Fsp3) is 0.337. The Labute approximate surface area is 711 Å². The van der Waals surface area contributed by atoms with Crippen LogP contribution in [0.4, 0.5) is 17.5 Å². The molecule has 26 heteroatoms. The van der Waals surface area contributed by atoms with E-state index >= 15 is 0 Å². The number of nitrogens with two attached hydrogens (primary N) is 3. The SMILES string of the molecule is CCCC(C)C/C=C/C(=O)N1CC[C@@H](n2c(Cl)c(-c3ccc(Oc4ccccc4)cc3)c3c(N)ncnc32)C1.Cc1c(-c2ccc(Oc3ccccc3)cc2)c2c(N)ncnc2n1[C@@H]1CCN(C(=O)/C=C/CN(C)[C@@H]2CCOC2)C1.Cc1c(-c2ccc(Oc3ccccc3)cc2)c2c(N)ncnc2n1[C@@H]1CCN(C(=O)/C=C/CN(C)[C@H]2CCOC2)C1. The fourth-order valence-electron chi connectivity index (χ4n) is 17.3. The van der Waals surface area contributed by atoms with Gasteiger partial charge >= 0.3 is 0 Å². The number of likely N-dealkylation sites (tertiary alicyclic amines) is 3. The zero-order valence-corrected chi connectivity index (χ0v) is 70.3. The van der Waals surface area contributed by atoms with Crippen molar-refractivity contribution in [2.24, 2.45) is 5.92 Å². The van der Waals surface area contributed by atoms with Crippen LogP contribution in [0.25, 0.3) is 66.5 Å². The second kappa shape index (κ2) is 38.9. The molecule has 0 bridgehead atoms. The summed E-state index contributed by atoms with van der Waals surface area (Å²) in [6, 6.07) is 53.9. The van der Waals surface area contributed by atoms with E-state index in [9.17, 15) is 14.4 Å². The Morgan fingerprint density at radius 1 is 0.463 bits per heavy atom. The first-order valence-electron chi connectivity index (χ1n) is 41.9. The van der Waals surface area contributed by atoms with Crippen molar-refractivity contribution in [3.8, 4) is 67.9 Å². The third kappa shape index (κ3) is 19.3.